The van der Waals surface area contributed by atoms with E-state index < -0.39 is 22.6 Å². The molecule has 1 aliphatic heterocycles. The molecule has 25 heavy (non-hydrogen) atoms. The van der Waals surface area contributed by atoms with Gasteiger partial charge in [-0.3, -0.25) is 14.2 Å². The first kappa shape index (κ1) is 15.3. The fourth-order valence-electron chi connectivity index (χ4n) is 3.36. The van der Waals surface area contributed by atoms with E-state index in [0.717, 1.165) is 16.2 Å². The molecule has 0 saturated heterocycles. The molecule has 0 bridgehead atoms. The summed E-state index contributed by atoms with van der Waals surface area (Å²) in [5, 5.41) is 3.05. The first-order valence-corrected chi connectivity index (χ1v) is 7.73. The van der Waals surface area contributed by atoms with Crippen LogP contribution in [0.25, 0.3) is 10.9 Å². The third kappa shape index (κ3) is 2.27. The van der Waals surface area contributed by atoms with Crippen LogP contribution in [0.3, 0.4) is 0 Å². The Morgan fingerprint density at radius 1 is 1.12 bits per heavy atom. The number of benzene rings is 2. The normalized spacial score (nSPS) is 19.0. The summed E-state index contributed by atoms with van der Waals surface area (Å²) >= 11 is 0. The molecule has 0 fully saturated rings. The second kappa shape index (κ2) is 5.14. The summed E-state index contributed by atoms with van der Waals surface area (Å²) < 4.78 is 14.3. The lowest BCUT2D eigenvalue weighted by atomic mass is 9.92. The van der Waals surface area contributed by atoms with Crippen LogP contribution in [0.1, 0.15) is 22.8 Å². The van der Waals surface area contributed by atoms with Gasteiger partial charge in [0.15, 0.2) is 0 Å². The second-order valence-corrected chi connectivity index (χ2v) is 6.34. The lowest BCUT2D eigenvalue weighted by Crippen LogP contribution is -2.47. The highest BCUT2D eigenvalue weighted by Crippen LogP contribution is 2.31. The van der Waals surface area contributed by atoms with Crippen molar-refractivity contribution in [2.75, 3.05) is 0 Å². The number of rotatable bonds is 2. The number of hydrogen-bond donors (Lipinski definition) is 2. The summed E-state index contributed by atoms with van der Waals surface area (Å²) in [6, 6.07) is 10.7. The number of amides is 1. The Kier molecular flexibility index (Phi) is 3.15. The zero-order valence-corrected chi connectivity index (χ0v) is 13.3. The highest BCUT2D eigenvalue weighted by atomic mass is 19.1. The number of nitrogens with zero attached hydrogens (tertiary/aromatic N) is 1. The fraction of sp³-hybridized carbons (Fsp3) is 0.167. The maximum absolute atomic E-state index is 13.3. The van der Waals surface area contributed by atoms with Gasteiger partial charge < -0.3 is 10.3 Å². The number of aromatic nitrogens is 2. The number of fused-ring (bicyclic) bond motifs is 2. The van der Waals surface area contributed by atoms with Gasteiger partial charge >= 0.3 is 5.69 Å². The molecule has 7 heteroatoms. The number of H-pyrrole nitrogens is 1. The molecule has 0 spiro atoms. The number of carbonyl (C=O) groups excluding carboxylic acids is 1. The van der Waals surface area contributed by atoms with Crippen LogP contribution >= 0.6 is 0 Å². The Bertz CT molecular complexity index is 1150. The summed E-state index contributed by atoms with van der Waals surface area (Å²) in [4.78, 5) is 39.7. The van der Waals surface area contributed by atoms with E-state index in [2.05, 4.69) is 10.3 Å². The molecule has 126 valence electrons. The van der Waals surface area contributed by atoms with Crippen molar-refractivity contribution in [2.45, 2.75) is 19.0 Å². The van der Waals surface area contributed by atoms with Crippen LogP contribution in [0, 0.1) is 5.82 Å². The summed E-state index contributed by atoms with van der Waals surface area (Å²) in [7, 11) is 0. The predicted molar refractivity (Wildman–Crippen MR) is 90.0 cm³/mol. The first-order valence-electron chi connectivity index (χ1n) is 7.73. The van der Waals surface area contributed by atoms with Gasteiger partial charge in [0.05, 0.1) is 23.0 Å². The van der Waals surface area contributed by atoms with Gasteiger partial charge in [-0.1, -0.05) is 18.2 Å². The van der Waals surface area contributed by atoms with E-state index in [1.54, 1.807) is 31.2 Å². The van der Waals surface area contributed by atoms with Crippen molar-refractivity contribution in [3.05, 3.63) is 80.2 Å². The summed E-state index contributed by atoms with van der Waals surface area (Å²) in [5.74, 6) is -0.783. The van der Waals surface area contributed by atoms with Crippen LogP contribution < -0.4 is 16.6 Å². The molecule has 0 saturated carbocycles. The van der Waals surface area contributed by atoms with E-state index in [9.17, 15) is 18.8 Å². The molecule has 1 aliphatic rings. The Balaban J connectivity index is 1.87. The van der Waals surface area contributed by atoms with E-state index in [1.807, 2.05) is 0 Å². The van der Waals surface area contributed by atoms with Gasteiger partial charge in [-0.2, -0.15) is 0 Å². The molecule has 0 aliphatic carbocycles. The summed E-state index contributed by atoms with van der Waals surface area (Å²) in [5.41, 5.74) is -0.672. The molecular weight excluding hydrogens is 325 g/mol. The lowest BCUT2D eigenvalue weighted by Gasteiger charge is -2.26. The van der Waals surface area contributed by atoms with Crippen molar-refractivity contribution in [1.82, 2.24) is 14.9 Å². The second-order valence-electron chi connectivity index (χ2n) is 6.34. The quantitative estimate of drug-likeness (QED) is 0.742. The van der Waals surface area contributed by atoms with Gasteiger partial charge in [-0.15, -0.1) is 0 Å². The number of aromatic amines is 1. The predicted octanol–water partition coefficient (Wildman–Crippen LogP) is 1.49. The third-order valence-electron chi connectivity index (χ3n) is 4.57. The van der Waals surface area contributed by atoms with Crippen molar-refractivity contribution in [2.24, 2.45) is 0 Å². The van der Waals surface area contributed by atoms with Crippen molar-refractivity contribution in [3.8, 4) is 0 Å². The van der Waals surface area contributed by atoms with E-state index in [-0.39, 0.29) is 23.4 Å². The average molecular weight is 339 g/mol. The Morgan fingerprint density at radius 2 is 1.88 bits per heavy atom. The lowest BCUT2D eigenvalue weighted by molar-refractivity contribution is 0.0928. The third-order valence-corrected chi connectivity index (χ3v) is 4.57. The van der Waals surface area contributed by atoms with Crippen LogP contribution in [-0.2, 0) is 12.1 Å². The zero-order chi connectivity index (χ0) is 17.8. The molecule has 0 radical (unpaired) electrons. The van der Waals surface area contributed by atoms with Gasteiger partial charge in [0.1, 0.15) is 5.82 Å². The van der Waals surface area contributed by atoms with E-state index in [1.165, 1.54) is 12.1 Å². The van der Waals surface area contributed by atoms with Crippen molar-refractivity contribution < 1.29 is 9.18 Å². The molecule has 2 heterocycles. The molecule has 2 N–H and O–H groups in total. The molecule has 1 aromatic heterocycles. The van der Waals surface area contributed by atoms with E-state index in [4.69, 9.17) is 0 Å². The average Bonchev–Trinajstić information content (AvgIpc) is 2.83. The van der Waals surface area contributed by atoms with Crippen LogP contribution in [0.4, 0.5) is 4.39 Å². The van der Waals surface area contributed by atoms with E-state index >= 15 is 0 Å². The molecular formula is C18H14FN3O3. The number of carbonyl (C=O) groups is 1. The van der Waals surface area contributed by atoms with Crippen LogP contribution in [0.2, 0.25) is 0 Å². The number of halogens is 1. The topological polar surface area (TPSA) is 84.0 Å². The van der Waals surface area contributed by atoms with Gasteiger partial charge in [0, 0.05) is 5.56 Å². The summed E-state index contributed by atoms with van der Waals surface area (Å²) in [6.45, 7) is 1.73. The standard InChI is InChI=1S/C18H14FN3O3/c1-18(13-5-3-2-4-11(13)15(23)21-18)9-22-16(24)12-7-6-10(19)8-14(12)20-17(22)25/h2-8H,9H2,1H3,(H,20,25)(H,21,23). The molecule has 1 amide bonds. The Labute approximate surface area is 140 Å². The SMILES string of the molecule is CC1(Cn2c(=O)[nH]c3cc(F)ccc3c2=O)NC(=O)c2ccccc21. The van der Waals surface area contributed by atoms with E-state index in [0.29, 0.717) is 5.56 Å². The first-order chi connectivity index (χ1) is 11.9. The largest absolute Gasteiger partial charge is 0.341 e. The Morgan fingerprint density at radius 3 is 2.68 bits per heavy atom. The molecule has 6 nitrogen and oxygen atoms in total. The highest BCUT2D eigenvalue weighted by molar-refractivity contribution is 5.99. The molecule has 3 aromatic rings. The molecule has 2 aromatic carbocycles. The van der Waals surface area contributed by atoms with Gasteiger partial charge in [-0.25, -0.2) is 9.18 Å². The molecule has 1 atom stereocenters. The molecule has 1 unspecified atom stereocenters. The van der Waals surface area contributed by atoms with Crippen LogP contribution in [0.15, 0.2) is 52.1 Å². The minimum absolute atomic E-state index is 0.0305. The highest BCUT2D eigenvalue weighted by Gasteiger charge is 2.39. The smallest absolute Gasteiger partial charge is 0.328 e. The van der Waals surface area contributed by atoms with Crippen molar-refractivity contribution >= 4 is 16.8 Å². The molecule has 4 rings (SSSR count). The summed E-state index contributed by atoms with van der Waals surface area (Å²) in [6.07, 6.45) is 0. The monoisotopic (exact) mass is 339 g/mol. The maximum Gasteiger partial charge on any atom is 0.328 e. The van der Waals surface area contributed by atoms with Crippen molar-refractivity contribution in [1.29, 1.82) is 0 Å². The number of nitrogens with one attached hydrogen (secondary N) is 2. The van der Waals surface area contributed by atoms with Crippen LogP contribution in [-0.4, -0.2) is 15.5 Å². The van der Waals surface area contributed by atoms with Crippen molar-refractivity contribution in [3.63, 3.8) is 0 Å². The van der Waals surface area contributed by atoms with Gasteiger partial charge in [0.2, 0.25) is 0 Å². The van der Waals surface area contributed by atoms with Gasteiger partial charge in [-0.05, 0) is 36.8 Å². The minimum Gasteiger partial charge on any atom is -0.341 e. The Hall–Kier alpha value is -3.22. The van der Waals surface area contributed by atoms with Crippen LogP contribution in [0.5, 0.6) is 0 Å². The van der Waals surface area contributed by atoms with Gasteiger partial charge in [0.25, 0.3) is 11.5 Å². The fourth-order valence-corrected chi connectivity index (χ4v) is 3.36. The minimum atomic E-state index is -0.891. The maximum atomic E-state index is 13.3. The number of hydrogen-bond acceptors (Lipinski definition) is 3. The zero-order valence-electron chi connectivity index (χ0n) is 13.3.